The van der Waals surface area contributed by atoms with Crippen molar-refractivity contribution in [3.63, 3.8) is 0 Å². The summed E-state index contributed by atoms with van der Waals surface area (Å²) in [5, 5.41) is 3.42. The van der Waals surface area contributed by atoms with Gasteiger partial charge in [-0.15, -0.1) is 0 Å². The number of methoxy groups -OCH3 is 1. The summed E-state index contributed by atoms with van der Waals surface area (Å²) in [7, 11) is 1.42. The number of hydrogen-bond acceptors (Lipinski definition) is 4. The number of nitrogens with one attached hydrogen (secondary N) is 1. The molecule has 1 N–H and O–H groups in total. The van der Waals surface area contributed by atoms with Crippen molar-refractivity contribution in [2.24, 2.45) is 0 Å². The third-order valence-corrected chi connectivity index (χ3v) is 2.86. The third kappa shape index (κ3) is 4.19. The van der Waals surface area contributed by atoms with Gasteiger partial charge in [0.1, 0.15) is 0 Å². The molecule has 1 fully saturated rings. The summed E-state index contributed by atoms with van der Waals surface area (Å²) in [4.78, 5) is 15.3. The molecule has 94 valence electrons. The molecule has 0 saturated heterocycles. The van der Waals surface area contributed by atoms with Crippen molar-refractivity contribution in [1.29, 1.82) is 0 Å². The van der Waals surface area contributed by atoms with Crippen molar-refractivity contribution in [3.05, 3.63) is 18.2 Å². The second-order valence-corrected chi connectivity index (χ2v) is 4.44. The molecular weight excluding hydrogens is 218 g/mol. The van der Waals surface area contributed by atoms with E-state index in [2.05, 4.69) is 15.0 Å². The van der Waals surface area contributed by atoms with Crippen molar-refractivity contribution < 1.29 is 9.53 Å². The molecule has 0 spiro atoms. The van der Waals surface area contributed by atoms with Gasteiger partial charge in [-0.1, -0.05) is 0 Å². The highest BCUT2D eigenvalue weighted by Crippen LogP contribution is 2.18. The van der Waals surface area contributed by atoms with Crippen molar-refractivity contribution in [1.82, 2.24) is 14.9 Å². The third-order valence-electron chi connectivity index (χ3n) is 2.86. The van der Waals surface area contributed by atoms with Gasteiger partial charge in [0, 0.05) is 31.7 Å². The molecule has 17 heavy (non-hydrogen) atoms. The highest BCUT2D eigenvalue weighted by Gasteiger charge is 2.20. The summed E-state index contributed by atoms with van der Waals surface area (Å²) in [6.07, 6.45) is 7.69. The normalized spacial score (nSPS) is 14.9. The molecule has 0 atom stereocenters. The summed E-state index contributed by atoms with van der Waals surface area (Å²) in [6.45, 7) is 1.65. The summed E-state index contributed by atoms with van der Waals surface area (Å²) >= 11 is 0. The Morgan fingerprint density at radius 3 is 3.18 bits per heavy atom. The lowest BCUT2D eigenvalue weighted by Crippen LogP contribution is -2.15. The van der Waals surface area contributed by atoms with Gasteiger partial charge in [-0.3, -0.25) is 4.79 Å². The van der Waals surface area contributed by atoms with E-state index in [0.29, 0.717) is 12.5 Å². The van der Waals surface area contributed by atoms with E-state index >= 15 is 0 Å². The van der Waals surface area contributed by atoms with Crippen LogP contribution in [0.15, 0.2) is 12.5 Å². The lowest BCUT2D eigenvalue weighted by atomic mass is 10.3. The zero-order valence-electron chi connectivity index (χ0n) is 10.2. The number of rotatable bonds is 7. The Balaban J connectivity index is 1.67. The lowest BCUT2D eigenvalue weighted by molar-refractivity contribution is -0.140. The minimum atomic E-state index is -0.152. The van der Waals surface area contributed by atoms with E-state index in [-0.39, 0.29) is 5.97 Å². The maximum absolute atomic E-state index is 10.9. The van der Waals surface area contributed by atoms with Crippen LogP contribution < -0.4 is 5.32 Å². The molecule has 0 amide bonds. The largest absolute Gasteiger partial charge is 0.469 e. The van der Waals surface area contributed by atoms with Gasteiger partial charge in [-0.05, 0) is 19.3 Å². The molecule has 1 saturated carbocycles. The molecular formula is C12H19N3O2. The van der Waals surface area contributed by atoms with Gasteiger partial charge in [0.2, 0.25) is 0 Å². The van der Waals surface area contributed by atoms with E-state index < -0.39 is 0 Å². The number of aryl methyl sites for hydroxylation is 1. The highest BCUT2D eigenvalue weighted by atomic mass is 16.5. The zero-order chi connectivity index (χ0) is 12.1. The lowest BCUT2D eigenvalue weighted by Gasteiger charge is -2.01. The number of hydrogen-bond donors (Lipinski definition) is 1. The fourth-order valence-corrected chi connectivity index (χ4v) is 1.66. The minimum absolute atomic E-state index is 0.152. The maximum atomic E-state index is 10.9. The first-order valence-electron chi connectivity index (χ1n) is 6.09. The van der Waals surface area contributed by atoms with Gasteiger partial charge < -0.3 is 14.6 Å². The smallest absolute Gasteiger partial charge is 0.305 e. The number of imidazole rings is 1. The second-order valence-electron chi connectivity index (χ2n) is 4.44. The van der Waals surface area contributed by atoms with Crippen LogP contribution in [0, 0.1) is 0 Å². The molecule has 0 unspecified atom stereocenters. The summed E-state index contributed by atoms with van der Waals surface area (Å²) in [6, 6.07) is 0.708. The maximum Gasteiger partial charge on any atom is 0.305 e. The zero-order valence-corrected chi connectivity index (χ0v) is 10.2. The number of ether oxygens (including phenoxy) is 1. The predicted molar refractivity (Wildman–Crippen MR) is 63.3 cm³/mol. The van der Waals surface area contributed by atoms with Gasteiger partial charge in [-0.2, -0.15) is 0 Å². The molecule has 5 nitrogen and oxygen atoms in total. The molecule has 1 heterocycles. The molecule has 0 aliphatic heterocycles. The van der Waals surface area contributed by atoms with Gasteiger partial charge >= 0.3 is 5.97 Å². The first-order valence-corrected chi connectivity index (χ1v) is 6.09. The van der Waals surface area contributed by atoms with E-state index in [1.165, 1.54) is 20.0 Å². The Kier molecular flexibility index (Phi) is 4.14. The molecule has 1 aromatic heterocycles. The first-order chi connectivity index (χ1) is 8.28. The molecule has 5 heteroatoms. The van der Waals surface area contributed by atoms with Gasteiger partial charge in [0.25, 0.3) is 0 Å². The van der Waals surface area contributed by atoms with Crippen molar-refractivity contribution in [2.45, 2.75) is 44.8 Å². The average molecular weight is 237 g/mol. The van der Waals surface area contributed by atoms with Crippen LogP contribution in [-0.2, 0) is 22.6 Å². The summed E-state index contributed by atoms with van der Waals surface area (Å²) < 4.78 is 6.61. The number of aromatic nitrogens is 2. The molecule has 2 rings (SSSR count). The Bertz CT molecular complexity index is 372. The van der Waals surface area contributed by atoms with Crippen LogP contribution in [0.3, 0.4) is 0 Å². The van der Waals surface area contributed by atoms with Crippen LogP contribution in [0.4, 0.5) is 0 Å². The Morgan fingerprint density at radius 2 is 2.47 bits per heavy atom. The quantitative estimate of drug-likeness (QED) is 0.721. The standard InChI is InChI=1S/C12H19N3O2/c1-17-12(16)3-2-6-15-8-11(14-9-15)7-13-10-4-5-10/h8-10,13H,2-7H2,1H3. The average Bonchev–Trinajstić information content (AvgIpc) is 3.06. The van der Waals surface area contributed by atoms with Gasteiger partial charge in [0.15, 0.2) is 0 Å². The van der Waals surface area contributed by atoms with Crippen molar-refractivity contribution in [2.75, 3.05) is 7.11 Å². The molecule has 0 bridgehead atoms. The SMILES string of the molecule is COC(=O)CCCn1cnc(CNC2CC2)c1. The van der Waals surface area contributed by atoms with Crippen LogP contribution >= 0.6 is 0 Å². The topological polar surface area (TPSA) is 56.2 Å². The fourth-order valence-electron chi connectivity index (χ4n) is 1.66. The second kappa shape index (κ2) is 5.82. The number of nitrogens with zero attached hydrogens (tertiary/aromatic N) is 2. The van der Waals surface area contributed by atoms with E-state index in [0.717, 1.165) is 25.2 Å². The molecule has 0 radical (unpaired) electrons. The van der Waals surface area contributed by atoms with E-state index in [4.69, 9.17) is 0 Å². The highest BCUT2D eigenvalue weighted by molar-refractivity contribution is 5.68. The number of esters is 1. The Hall–Kier alpha value is -1.36. The summed E-state index contributed by atoms with van der Waals surface area (Å²) in [5.74, 6) is -0.152. The fraction of sp³-hybridized carbons (Fsp3) is 0.667. The van der Waals surface area contributed by atoms with Crippen molar-refractivity contribution in [3.8, 4) is 0 Å². The molecule has 1 aliphatic carbocycles. The van der Waals surface area contributed by atoms with Crippen LogP contribution in [0.2, 0.25) is 0 Å². The van der Waals surface area contributed by atoms with Crippen LogP contribution in [0.5, 0.6) is 0 Å². The van der Waals surface area contributed by atoms with E-state index in [1.807, 2.05) is 17.1 Å². The van der Waals surface area contributed by atoms with Crippen LogP contribution in [0.1, 0.15) is 31.4 Å². The van der Waals surface area contributed by atoms with Crippen LogP contribution in [0.25, 0.3) is 0 Å². The molecule has 1 aromatic rings. The van der Waals surface area contributed by atoms with Crippen LogP contribution in [-0.4, -0.2) is 28.7 Å². The van der Waals surface area contributed by atoms with E-state index in [9.17, 15) is 4.79 Å². The monoisotopic (exact) mass is 237 g/mol. The van der Waals surface area contributed by atoms with E-state index in [1.54, 1.807) is 0 Å². The number of carbonyl (C=O) groups excluding carboxylic acids is 1. The Morgan fingerprint density at radius 1 is 1.65 bits per heavy atom. The Labute approximate surface area is 101 Å². The van der Waals surface area contributed by atoms with Gasteiger partial charge in [-0.25, -0.2) is 4.98 Å². The molecule has 1 aliphatic rings. The first kappa shape index (κ1) is 12.1. The predicted octanol–water partition coefficient (Wildman–Crippen LogP) is 1.09. The minimum Gasteiger partial charge on any atom is -0.469 e. The summed E-state index contributed by atoms with van der Waals surface area (Å²) in [5.41, 5.74) is 1.06. The van der Waals surface area contributed by atoms with Crippen molar-refractivity contribution >= 4 is 5.97 Å². The molecule has 0 aromatic carbocycles. The number of carbonyl (C=O) groups is 1. The van der Waals surface area contributed by atoms with Gasteiger partial charge in [0.05, 0.1) is 19.1 Å².